The lowest BCUT2D eigenvalue weighted by atomic mass is 9.97. The van der Waals surface area contributed by atoms with Gasteiger partial charge in [-0.2, -0.15) is 0 Å². The van der Waals surface area contributed by atoms with Crippen molar-refractivity contribution >= 4 is 11.5 Å². The number of aliphatic imine (C=N–C) groups is 1. The fourth-order valence-electron chi connectivity index (χ4n) is 3.82. The van der Waals surface area contributed by atoms with E-state index >= 15 is 0 Å². The monoisotopic (exact) mass is 304 g/mol. The summed E-state index contributed by atoms with van der Waals surface area (Å²) >= 11 is 0. The minimum absolute atomic E-state index is 0.715. The van der Waals surface area contributed by atoms with Crippen molar-refractivity contribution in [3.63, 3.8) is 0 Å². The number of amidine groups is 1. The van der Waals surface area contributed by atoms with Gasteiger partial charge in [0.1, 0.15) is 12.4 Å². The lowest BCUT2D eigenvalue weighted by Gasteiger charge is -2.26. The van der Waals surface area contributed by atoms with E-state index in [0.29, 0.717) is 6.54 Å². The van der Waals surface area contributed by atoms with Crippen molar-refractivity contribution in [2.75, 3.05) is 11.4 Å². The Morgan fingerprint density at radius 2 is 1.26 bits per heavy atom. The molecule has 0 saturated carbocycles. The minimum atomic E-state index is 0.715. The highest BCUT2D eigenvalue weighted by atomic mass is 15.2. The fraction of sp³-hybridized carbons (Fsp3) is 0.333. The third-order valence-corrected chi connectivity index (χ3v) is 4.48. The zero-order valence-corrected chi connectivity index (χ0v) is 14.9. The Hall–Kier alpha value is -2.09. The summed E-state index contributed by atoms with van der Waals surface area (Å²) in [7, 11) is 0. The van der Waals surface area contributed by atoms with Crippen LogP contribution in [0.15, 0.2) is 29.3 Å². The lowest BCUT2D eigenvalue weighted by molar-refractivity contribution is 1.09. The van der Waals surface area contributed by atoms with Crippen molar-refractivity contribution in [2.24, 2.45) is 4.99 Å². The standard InChI is InChI=1S/C21H24N2/c1-13-9-15(3)19(16(4)10-13)21-22-7-8-23(21)20-17(5)11-14(2)12-18(20)6/h9-12H,8H2,1-6H3. The largest absolute Gasteiger partial charge is 0.323 e. The summed E-state index contributed by atoms with van der Waals surface area (Å²) in [6.07, 6.45) is 0. The molecule has 0 fully saturated rings. The van der Waals surface area contributed by atoms with Gasteiger partial charge in [-0.15, -0.1) is 0 Å². The lowest BCUT2D eigenvalue weighted by Crippen LogP contribution is -2.30. The van der Waals surface area contributed by atoms with Gasteiger partial charge in [-0.1, -0.05) is 35.4 Å². The quantitative estimate of drug-likeness (QED) is 0.775. The molecule has 0 saturated heterocycles. The van der Waals surface area contributed by atoms with Crippen molar-refractivity contribution in [3.8, 4) is 0 Å². The molecule has 2 radical (unpaired) electrons. The molecule has 23 heavy (non-hydrogen) atoms. The smallest absolute Gasteiger partial charge is 0.140 e. The van der Waals surface area contributed by atoms with E-state index in [9.17, 15) is 0 Å². The molecule has 1 aliphatic rings. The highest BCUT2D eigenvalue weighted by Crippen LogP contribution is 2.32. The summed E-state index contributed by atoms with van der Waals surface area (Å²) in [5.74, 6) is 1.02. The van der Waals surface area contributed by atoms with Gasteiger partial charge < -0.3 is 4.90 Å². The summed E-state index contributed by atoms with van der Waals surface area (Å²) < 4.78 is 0. The summed E-state index contributed by atoms with van der Waals surface area (Å²) in [6, 6.07) is 8.95. The predicted molar refractivity (Wildman–Crippen MR) is 98.4 cm³/mol. The number of nitrogens with zero attached hydrogens (tertiary/aromatic N) is 2. The maximum Gasteiger partial charge on any atom is 0.140 e. The van der Waals surface area contributed by atoms with Crippen LogP contribution < -0.4 is 4.90 Å². The van der Waals surface area contributed by atoms with Crippen LogP contribution in [0.2, 0.25) is 0 Å². The molecule has 0 unspecified atom stereocenters. The highest BCUT2D eigenvalue weighted by molar-refractivity contribution is 6.13. The van der Waals surface area contributed by atoms with Crippen LogP contribution in [0.5, 0.6) is 0 Å². The first-order valence-electron chi connectivity index (χ1n) is 8.12. The second kappa shape index (κ2) is 5.84. The van der Waals surface area contributed by atoms with Crippen LogP contribution >= 0.6 is 0 Å². The van der Waals surface area contributed by atoms with Gasteiger partial charge in [-0.3, -0.25) is 4.99 Å². The zero-order chi connectivity index (χ0) is 16.7. The summed E-state index contributed by atoms with van der Waals surface area (Å²) in [4.78, 5) is 6.91. The molecule has 0 amide bonds. The second-order valence-electron chi connectivity index (χ2n) is 6.70. The van der Waals surface area contributed by atoms with Crippen LogP contribution in [0.3, 0.4) is 0 Å². The molecule has 0 N–H and O–H groups in total. The third kappa shape index (κ3) is 2.78. The van der Waals surface area contributed by atoms with Gasteiger partial charge in [-0.25, -0.2) is 0 Å². The van der Waals surface area contributed by atoms with E-state index in [1.807, 2.05) is 0 Å². The van der Waals surface area contributed by atoms with Gasteiger partial charge in [0.05, 0.1) is 6.54 Å². The van der Waals surface area contributed by atoms with E-state index in [0.717, 1.165) is 5.84 Å². The Balaban J connectivity index is 2.13. The molecule has 0 aromatic heterocycles. The number of benzene rings is 2. The third-order valence-electron chi connectivity index (χ3n) is 4.48. The molecule has 2 aromatic rings. The first-order chi connectivity index (χ1) is 10.9. The molecule has 1 aliphatic heterocycles. The van der Waals surface area contributed by atoms with Gasteiger partial charge >= 0.3 is 0 Å². The predicted octanol–water partition coefficient (Wildman–Crippen LogP) is 4.84. The van der Waals surface area contributed by atoms with Gasteiger partial charge in [0, 0.05) is 11.3 Å². The SMILES string of the molecule is Cc1cc(C)c(C2=N[C]CN2c2c(C)cc(C)cc2C)c(C)c1. The molecule has 1 heterocycles. The van der Waals surface area contributed by atoms with Crippen molar-refractivity contribution in [3.05, 3.63) is 69.8 Å². The van der Waals surface area contributed by atoms with Gasteiger partial charge in [0.2, 0.25) is 0 Å². The van der Waals surface area contributed by atoms with Crippen LogP contribution in [0.4, 0.5) is 5.69 Å². The van der Waals surface area contributed by atoms with E-state index in [1.165, 1.54) is 44.6 Å². The molecule has 0 atom stereocenters. The van der Waals surface area contributed by atoms with E-state index in [-0.39, 0.29) is 0 Å². The fourth-order valence-corrected chi connectivity index (χ4v) is 3.82. The molecule has 2 nitrogen and oxygen atoms in total. The summed E-state index contributed by atoms with van der Waals surface area (Å²) in [6.45, 7) is 16.9. The molecular formula is C21H24N2. The van der Waals surface area contributed by atoms with Crippen LogP contribution in [0.1, 0.15) is 38.9 Å². The van der Waals surface area contributed by atoms with Crippen molar-refractivity contribution in [1.29, 1.82) is 0 Å². The minimum Gasteiger partial charge on any atom is -0.323 e. The Labute approximate surface area is 139 Å². The maximum atomic E-state index is 4.61. The topological polar surface area (TPSA) is 15.6 Å². The Bertz CT molecular complexity index is 753. The van der Waals surface area contributed by atoms with Crippen molar-refractivity contribution in [1.82, 2.24) is 0 Å². The Morgan fingerprint density at radius 1 is 0.783 bits per heavy atom. The average molecular weight is 304 g/mol. The van der Waals surface area contributed by atoms with Gasteiger partial charge in [0.15, 0.2) is 0 Å². The highest BCUT2D eigenvalue weighted by Gasteiger charge is 2.26. The first kappa shape index (κ1) is 15.8. The van der Waals surface area contributed by atoms with Crippen LogP contribution in [0, 0.1) is 48.1 Å². The molecular weight excluding hydrogens is 280 g/mol. The maximum absolute atomic E-state index is 4.61. The number of hydrogen-bond donors (Lipinski definition) is 0. The van der Waals surface area contributed by atoms with Crippen LogP contribution in [-0.4, -0.2) is 12.4 Å². The number of anilines is 1. The van der Waals surface area contributed by atoms with Crippen molar-refractivity contribution in [2.45, 2.75) is 41.5 Å². The summed E-state index contributed by atoms with van der Waals surface area (Å²) in [5, 5.41) is 0. The van der Waals surface area contributed by atoms with Crippen molar-refractivity contribution < 1.29 is 0 Å². The molecule has 2 heteroatoms. The average Bonchev–Trinajstić information content (AvgIpc) is 2.85. The molecule has 2 aromatic carbocycles. The molecule has 3 rings (SSSR count). The van der Waals surface area contributed by atoms with Crippen LogP contribution in [0.25, 0.3) is 0 Å². The second-order valence-corrected chi connectivity index (χ2v) is 6.70. The van der Waals surface area contributed by atoms with E-state index in [4.69, 9.17) is 0 Å². The van der Waals surface area contributed by atoms with E-state index in [2.05, 4.69) is 82.2 Å². The molecule has 0 bridgehead atoms. The van der Waals surface area contributed by atoms with E-state index < -0.39 is 0 Å². The Kier molecular flexibility index (Phi) is 4.01. The number of aryl methyl sites for hydroxylation is 6. The Morgan fingerprint density at radius 3 is 1.78 bits per heavy atom. The number of rotatable bonds is 2. The van der Waals surface area contributed by atoms with Gasteiger partial charge in [0.25, 0.3) is 0 Å². The molecule has 118 valence electrons. The normalized spacial score (nSPS) is 14.3. The van der Waals surface area contributed by atoms with E-state index in [1.54, 1.807) is 0 Å². The zero-order valence-electron chi connectivity index (χ0n) is 14.9. The molecule has 0 spiro atoms. The first-order valence-corrected chi connectivity index (χ1v) is 8.12. The van der Waals surface area contributed by atoms with Crippen LogP contribution in [-0.2, 0) is 0 Å². The summed E-state index contributed by atoms with van der Waals surface area (Å²) in [5.41, 5.74) is 10.2. The van der Waals surface area contributed by atoms with Gasteiger partial charge in [-0.05, 0) is 63.8 Å². The number of hydrogen-bond acceptors (Lipinski definition) is 2. The molecule has 0 aliphatic carbocycles.